The zero-order chi connectivity index (χ0) is 27.7. The van der Waals surface area contributed by atoms with Crippen molar-refractivity contribution in [2.45, 2.75) is 38.5 Å². The zero-order valence-corrected chi connectivity index (χ0v) is 23.1. The van der Waals surface area contributed by atoms with Crippen LogP contribution in [-0.4, -0.2) is 77.4 Å². The first kappa shape index (κ1) is 27.2. The Morgan fingerprint density at radius 2 is 2.13 bits per heavy atom. The summed E-state index contributed by atoms with van der Waals surface area (Å²) in [4.78, 5) is 35.1. The average molecular weight is 556 g/mol. The third-order valence-electron chi connectivity index (χ3n) is 7.09. The Kier molecular flexibility index (Phi) is 7.68. The van der Waals surface area contributed by atoms with Crippen molar-refractivity contribution in [2.24, 2.45) is 0 Å². The number of benzene rings is 2. The molecule has 1 fully saturated rings. The molecule has 11 nitrogen and oxygen atoms in total. The van der Waals surface area contributed by atoms with Crippen LogP contribution in [0.1, 0.15) is 36.2 Å². The molecule has 1 atom stereocenters. The summed E-state index contributed by atoms with van der Waals surface area (Å²) in [5, 5.41) is 5.92. The average Bonchev–Trinajstić information content (AvgIpc) is 3.24. The van der Waals surface area contributed by atoms with E-state index in [2.05, 4.69) is 25.6 Å². The number of hydrogen-bond acceptors (Lipinski definition) is 9. The molecule has 3 heterocycles. The molecule has 0 unspecified atom stereocenters. The van der Waals surface area contributed by atoms with Gasteiger partial charge in [-0.15, -0.1) is 0 Å². The summed E-state index contributed by atoms with van der Waals surface area (Å²) >= 11 is 6.35. The van der Waals surface area contributed by atoms with Crippen molar-refractivity contribution in [2.75, 3.05) is 50.9 Å². The number of nitrogens with zero attached hydrogens (tertiary/aromatic N) is 3. The molecule has 0 saturated carbocycles. The molecule has 0 radical (unpaired) electrons. The van der Waals surface area contributed by atoms with Gasteiger partial charge in [-0.3, -0.25) is 24.9 Å². The Morgan fingerprint density at radius 1 is 1.33 bits per heavy atom. The van der Waals surface area contributed by atoms with Gasteiger partial charge in [-0.2, -0.15) is 5.01 Å². The SMILES string of the molecule is CO[C@@H]1CN(CCCNc2nc3ccccc3c(=O)[nH]2)CCN1NC(=O)c1cc(Cl)c(N)c2c1OC(C)(C)C2. The number of carbonyl (C=O) groups excluding carboxylic acids is 1. The van der Waals surface area contributed by atoms with Gasteiger partial charge in [-0.05, 0) is 38.5 Å². The van der Waals surface area contributed by atoms with Crippen molar-refractivity contribution in [3.63, 3.8) is 0 Å². The fraction of sp³-hybridized carbons (Fsp3) is 0.444. The molecule has 2 aliphatic rings. The number of methoxy groups -OCH3 is 1. The van der Waals surface area contributed by atoms with Gasteiger partial charge in [-0.1, -0.05) is 23.7 Å². The van der Waals surface area contributed by atoms with Crippen LogP contribution in [0.5, 0.6) is 5.75 Å². The third-order valence-corrected chi connectivity index (χ3v) is 7.40. The normalized spacial score (nSPS) is 19.0. The largest absolute Gasteiger partial charge is 0.486 e. The Labute approximate surface area is 231 Å². The summed E-state index contributed by atoms with van der Waals surface area (Å²) in [5.74, 6) is 0.631. The first-order valence-corrected chi connectivity index (χ1v) is 13.4. The number of rotatable bonds is 8. The summed E-state index contributed by atoms with van der Waals surface area (Å²) in [5.41, 5.74) is 10.8. The molecular formula is C27H34ClN7O4. The lowest BCUT2D eigenvalue weighted by atomic mass is 9.98. The first-order chi connectivity index (χ1) is 18.6. The topological polar surface area (TPSA) is 138 Å². The van der Waals surface area contributed by atoms with E-state index in [4.69, 9.17) is 26.8 Å². The lowest BCUT2D eigenvalue weighted by Crippen LogP contribution is -2.60. The van der Waals surface area contributed by atoms with Gasteiger partial charge < -0.3 is 20.5 Å². The Balaban J connectivity index is 1.15. The zero-order valence-electron chi connectivity index (χ0n) is 22.3. The molecule has 2 aromatic carbocycles. The minimum Gasteiger partial charge on any atom is -0.486 e. The number of nitrogens with two attached hydrogens (primary N) is 1. The van der Waals surface area contributed by atoms with Crippen LogP contribution in [0.25, 0.3) is 10.9 Å². The van der Waals surface area contributed by atoms with Crippen LogP contribution in [-0.2, 0) is 11.2 Å². The van der Waals surface area contributed by atoms with Gasteiger partial charge in [-0.25, -0.2) is 4.98 Å². The van der Waals surface area contributed by atoms with Gasteiger partial charge >= 0.3 is 0 Å². The smallest absolute Gasteiger partial charge is 0.269 e. The predicted octanol–water partition coefficient (Wildman–Crippen LogP) is 2.61. The Hall–Kier alpha value is -3.38. The molecular weight excluding hydrogens is 522 g/mol. The molecule has 0 bridgehead atoms. The van der Waals surface area contributed by atoms with E-state index in [1.165, 1.54) is 0 Å². The molecule has 39 heavy (non-hydrogen) atoms. The summed E-state index contributed by atoms with van der Waals surface area (Å²) < 4.78 is 11.8. The highest BCUT2D eigenvalue weighted by molar-refractivity contribution is 6.33. The van der Waals surface area contributed by atoms with Crippen molar-refractivity contribution in [3.05, 3.63) is 56.8 Å². The van der Waals surface area contributed by atoms with Crippen LogP contribution >= 0.6 is 11.6 Å². The molecule has 5 N–H and O–H groups in total. The lowest BCUT2D eigenvalue weighted by Gasteiger charge is -2.40. The molecule has 0 aliphatic carbocycles. The number of fused-ring (bicyclic) bond motifs is 2. The second-order valence-corrected chi connectivity index (χ2v) is 10.9. The number of nitrogen functional groups attached to an aromatic ring is 1. The van der Waals surface area contributed by atoms with Crippen LogP contribution in [0.15, 0.2) is 35.1 Å². The van der Waals surface area contributed by atoms with E-state index in [1.54, 1.807) is 24.3 Å². The highest BCUT2D eigenvalue weighted by Gasteiger charge is 2.37. The number of hydrazine groups is 1. The molecule has 0 spiro atoms. The summed E-state index contributed by atoms with van der Waals surface area (Å²) in [6, 6.07) is 8.82. The van der Waals surface area contributed by atoms with E-state index in [-0.39, 0.29) is 17.7 Å². The van der Waals surface area contributed by atoms with E-state index in [0.717, 1.165) is 25.1 Å². The third kappa shape index (κ3) is 5.81. The first-order valence-electron chi connectivity index (χ1n) is 13.0. The van der Waals surface area contributed by atoms with Crippen molar-refractivity contribution in [1.82, 2.24) is 25.3 Å². The summed E-state index contributed by atoms with van der Waals surface area (Å²) in [6.07, 6.45) is 1.09. The number of anilines is 2. The van der Waals surface area contributed by atoms with E-state index in [1.807, 2.05) is 32.0 Å². The maximum Gasteiger partial charge on any atom is 0.269 e. The van der Waals surface area contributed by atoms with Gasteiger partial charge in [0.15, 0.2) is 0 Å². The predicted molar refractivity (Wildman–Crippen MR) is 151 cm³/mol. The maximum absolute atomic E-state index is 13.3. The van der Waals surface area contributed by atoms with Gasteiger partial charge in [0.2, 0.25) is 5.95 Å². The van der Waals surface area contributed by atoms with Crippen molar-refractivity contribution in [3.8, 4) is 5.75 Å². The summed E-state index contributed by atoms with van der Waals surface area (Å²) in [6.45, 7) is 7.31. The Morgan fingerprint density at radius 3 is 2.92 bits per heavy atom. The number of aromatic nitrogens is 2. The molecule has 208 valence electrons. The number of carbonyl (C=O) groups is 1. The molecule has 5 rings (SSSR count). The number of amides is 1. The number of ether oxygens (including phenoxy) is 2. The van der Waals surface area contributed by atoms with Crippen LogP contribution < -0.4 is 26.8 Å². The minimum atomic E-state index is -0.467. The van der Waals surface area contributed by atoms with Gasteiger partial charge in [0.25, 0.3) is 11.5 Å². The van der Waals surface area contributed by atoms with Gasteiger partial charge in [0.1, 0.15) is 17.6 Å². The molecule has 3 aromatic rings. The molecule has 12 heteroatoms. The fourth-order valence-electron chi connectivity index (χ4n) is 5.10. The monoisotopic (exact) mass is 555 g/mol. The minimum absolute atomic E-state index is 0.161. The van der Waals surface area contributed by atoms with Gasteiger partial charge in [0, 0.05) is 51.8 Å². The lowest BCUT2D eigenvalue weighted by molar-refractivity contribution is -0.0995. The van der Waals surface area contributed by atoms with E-state index < -0.39 is 5.60 Å². The molecule has 1 saturated heterocycles. The number of piperazine rings is 1. The van der Waals surface area contributed by atoms with E-state index in [9.17, 15) is 9.59 Å². The maximum atomic E-state index is 13.3. The number of halogens is 1. The highest BCUT2D eigenvalue weighted by Crippen LogP contribution is 2.44. The van der Waals surface area contributed by atoms with Crippen molar-refractivity contribution in [1.29, 1.82) is 0 Å². The second-order valence-electron chi connectivity index (χ2n) is 10.5. The number of H-pyrrole nitrogens is 1. The Bertz CT molecular complexity index is 1440. The molecule has 2 aliphatic heterocycles. The number of hydrogen-bond donors (Lipinski definition) is 4. The van der Waals surface area contributed by atoms with Crippen molar-refractivity contribution >= 4 is 40.0 Å². The van der Waals surface area contributed by atoms with Crippen LogP contribution in [0.3, 0.4) is 0 Å². The van der Waals surface area contributed by atoms with Crippen LogP contribution in [0, 0.1) is 0 Å². The van der Waals surface area contributed by atoms with Crippen molar-refractivity contribution < 1.29 is 14.3 Å². The highest BCUT2D eigenvalue weighted by atomic mass is 35.5. The fourth-order valence-corrected chi connectivity index (χ4v) is 5.33. The van der Waals surface area contributed by atoms with E-state index >= 15 is 0 Å². The number of nitrogens with one attached hydrogen (secondary N) is 3. The second kappa shape index (κ2) is 11.0. The standard InChI is InChI=1S/C27H34ClN7O4/c1-27(2)14-18-22(29)19(28)13-17(23(18)39-27)25(37)33-35-12-11-34(15-21(35)38-3)10-6-9-30-26-31-20-8-5-4-7-16(20)24(36)32-26/h4-5,7-8,13,21H,6,9-12,14-15,29H2,1-3H3,(H,33,37)(H2,30,31,32,36)/t21-/m1/s1. The van der Waals surface area contributed by atoms with Crippen LogP contribution in [0.4, 0.5) is 11.6 Å². The quantitative estimate of drug-likeness (QED) is 0.244. The van der Waals surface area contributed by atoms with Gasteiger partial charge in [0.05, 0.1) is 27.2 Å². The molecule has 1 amide bonds. The number of aromatic amines is 1. The van der Waals surface area contributed by atoms with E-state index in [0.29, 0.717) is 64.9 Å². The molecule has 1 aromatic heterocycles. The van der Waals surface area contributed by atoms with Crippen LogP contribution in [0.2, 0.25) is 5.02 Å². The number of para-hydroxylation sites is 1. The summed E-state index contributed by atoms with van der Waals surface area (Å²) in [7, 11) is 1.63.